The summed E-state index contributed by atoms with van der Waals surface area (Å²) < 4.78 is 61.0. The molecule has 0 fully saturated rings. The van der Waals surface area contributed by atoms with E-state index >= 15 is 0 Å². The lowest BCUT2D eigenvalue weighted by Gasteiger charge is -2.08. The molecule has 2 aromatic carbocycles. The average molecular weight is 338 g/mol. The third-order valence-corrected chi connectivity index (χ3v) is 4.34. The summed E-state index contributed by atoms with van der Waals surface area (Å²) in [5, 5.41) is 8.70. The van der Waals surface area contributed by atoms with E-state index in [1.807, 2.05) is 6.07 Å². The number of rotatable bonds is 3. The molecule has 0 amide bonds. The highest BCUT2D eigenvalue weighted by Crippen LogP contribution is 2.42. The fraction of sp³-hybridized carbons (Fsp3) is 0.0714. The molecule has 1 aliphatic rings. The van der Waals surface area contributed by atoms with Gasteiger partial charge in [-0.15, -0.1) is 8.78 Å². The van der Waals surface area contributed by atoms with Crippen LogP contribution in [-0.2, 0) is 10.0 Å². The molecule has 0 aromatic heterocycles. The van der Waals surface area contributed by atoms with E-state index in [9.17, 15) is 17.2 Å². The summed E-state index contributed by atoms with van der Waals surface area (Å²) in [7, 11) is -3.93. The molecule has 0 radical (unpaired) electrons. The van der Waals surface area contributed by atoms with Gasteiger partial charge in [-0.2, -0.15) is 5.26 Å². The number of hydrogen-bond donors (Lipinski definition) is 1. The molecule has 0 saturated carbocycles. The van der Waals surface area contributed by atoms with Gasteiger partial charge in [-0.05, 0) is 36.4 Å². The first kappa shape index (κ1) is 15.1. The molecular formula is C14H8F2N2O4S. The van der Waals surface area contributed by atoms with Crippen LogP contribution >= 0.6 is 0 Å². The Labute approximate surface area is 129 Å². The van der Waals surface area contributed by atoms with E-state index in [0.717, 1.165) is 6.07 Å². The van der Waals surface area contributed by atoms with E-state index in [1.165, 1.54) is 36.4 Å². The summed E-state index contributed by atoms with van der Waals surface area (Å²) in [5.74, 6) is -0.452. The van der Waals surface area contributed by atoms with Crippen molar-refractivity contribution in [2.45, 2.75) is 11.2 Å². The van der Waals surface area contributed by atoms with Crippen molar-refractivity contribution in [3.05, 3.63) is 48.0 Å². The third kappa shape index (κ3) is 3.02. The summed E-state index contributed by atoms with van der Waals surface area (Å²) in [6.45, 7) is 0. The molecule has 0 spiro atoms. The lowest BCUT2D eigenvalue weighted by Crippen LogP contribution is -2.25. The van der Waals surface area contributed by atoms with Crippen molar-refractivity contribution in [2.75, 3.05) is 4.72 Å². The van der Waals surface area contributed by atoms with Gasteiger partial charge in [0.25, 0.3) is 10.0 Å². The number of nitrogens with one attached hydrogen (secondary N) is 1. The molecule has 1 aliphatic heterocycles. The minimum atomic E-state index is -3.93. The molecule has 0 atom stereocenters. The fourth-order valence-corrected chi connectivity index (χ4v) is 2.98. The quantitative estimate of drug-likeness (QED) is 0.929. The Kier molecular flexibility index (Phi) is 3.34. The predicted octanol–water partition coefficient (Wildman–Crippen LogP) is 2.68. The molecule has 0 aliphatic carbocycles. The summed E-state index contributed by atoms with van der Waals surface area (Å²) in [6.07, 6.45) is -3.77. The van der Waals surface area contributed by atoms with Crippen LogP contribution in [0, 0.1) is 11.3 Å². The average Bonchev–Trinajstić information content (AvgIpc) is 2.80. The van der Waals surface area contributed by atoms with Crippen LogP contribution in [0.3, 0.4) is 0 Å². The number of ether oxygens (including phenoxy) is 2. The number of nitriles is 1. The maximum Gasteiger partial charge on any atom is 0.586 e. The summed E-state index contributed by atoms with van der Waals surface area (Å²) in [5.41, 5.74) is 0.351. The number of halogens is 2. The number of fused-ring (bicyclic) bond motifs is 1. The van der Waals surface area contributed by atoms with E-state index in [2.05, 4.69) is 14.2 Å². The molecule has 2 aromatic rings. The standard InChI is InChI=1S/C14H8F2N2O4S/c15-14(16)21-12-6-3-10(7-13(12)22-14)18-23(19,20)11-4-1-9(8-17)2-5-11/h1-7,18H. The Balaban J connectivity index is 1.86. The van der Waals surface area contributed by atoms with Crippen molar-refractivity contribution < 1.29 is 26.7 Å². The van der Waals surface area contributed by atoms with Gasteiger partial charge in [-0.25, -0.2) is 8.42 Å². The monoisotopic (exact) mass is 338 g/mol. The zero-order valence-corrected chi connectivity index (χ0v) is 12.1. The molecule has 3 rings (SSSR count). The van der Waals surface area contributed by atoms with Gasteiger partial charge in [0.15, 0.2) is 11.5 Å². The van der Waals surface area contributed by atoms with E-state index in [0.29, 0.717) is 5.56 Å². The maximum atomic E-state index is 12.9. The Morgan fingerprint density at radius 3 is 2.35 bits per heavy atom. The second-order valence-electron chi connectivity index (χ2n) is 4.57. The highest BCUT2D eigenvalue weighted by atomic mass is 32.2. The zero-order valence-electron chi connectivity index (χ0n) is 11.3. The molecule has 1 heterocycles. The van der Waals surface area contributed by atoms with Crippen molar-refractivity contribution in [3.8, 4) is 17.6 Å². The smallest absolute Gasteiger partial charge is 0.395 e. The van der Waals surface area contributed by atoms with Crippen molar-refractivity contribution in [1.82, 2.24) is 0 Å². The Hall–Kier alpha value is -2.86. The Morgan fingerprint density at radius 1 is 1.04 bits per heavy atom. The van der Waals surface area contributed by atoms with Gasteiger partial charge in [0.1, 0.15) is 0 Å². The largest absolute Gasteiger partial charge is 0.586 e. The number of sulfonamides is 1. The van der Waals surface area contributed by atoms with Gasteiger partial charge in [-0.1, -0.05) is 0 Å². The van der Waals surface area contributed by atoms with Crippen LogP contribution in [0.15, 0.2) is 47.4 Å². The second kappa shape index (κ2) is 5.10. The minimum Gasteiger partial charge on any atom is -0.395 e. The molecule has 118 valence electrons. The summed E-state index contributed by atoms with van der Waals surface area (Å²) in [6, 6.07) is 10.7. The highest BCUT2D eigenvalue weighted by Gasteiger charge is 2.43. The van der Waals surface area contributed by atoms with Gasteiger partial charge in [-0.3, -0.25) is 4.72 Å². The molecular weight excluding hydrogens is 330 g/mol. The zero-order chi connectivity index (χ0) is 16.7. The molecule has 1 N–H and O–H groups in total. The maximum absolute atomic E-state index is 12.9. The first-order valence-electron chi connectivity index (χ1n) is 6.22. The lowest BCUT2D eigenvalue weighted by molar-refractivity contribution is -0.286. The highest BCUT2D eigenvalue weighted by molar-refractivity contribution is 7.92. The van der Waals surface area contributed by atoms with Crippen molar-refractivity contribution in [2.24, 2.45) is 0 Å². The Bertz CT molecular complexity index is 905. The number of alkyl halides is 2. The number of benzene rings is 2. The van der Waals surface area contributed by atoms with Crippen LogP contribution in [0.4, 0.5) is 14.5 Å². The van der Waals surface area contributed by atoms with Gasteiger partial charge in [0.2, 0.25) is 0 Å². The van der Waals surface area contributed by atoms with Gasteiger partial charge < -0.3 is 9.47 Å². The normalized spacial score (nSPS) is 15.0. The predicted molar refractivity (Wildman–Crippen MR) is 74.6 cm³/mol. The minimum absolute atomic E-state index is 0.0365. The van der Waals surface area contributed by atoms with Crippen LogP contribution in [0.25, 0.3) is 0 Å². The van der Waals surface area contributed by atoms with E-state index in [4.69, 9.17) is 5.26 Å². The number of hydrogen-bond acceptors (Lipinski definition) is 5. The number of nitrogens with zero attached hydrogens (tertiary/aromatic N) is 1. The lowest BCUT2D eigenvalue weighted by atomic mass is 10.2. The summed E-state index contributed by atoms with van der Waals surface area (Å²) >= 11 is 0. The molecule has 0 saturated heterocycles. The molecule has 23 heavy (non-hydrogen) atoms. The first-order chi connectivity index (χ1) is 10.8. The van der Waals surface area contributed by atoms with Crippen molar-refractivity contribution in [1.29, 1.82) is 5.26 Å². The van der Waals surface area contributed by atoms with Crippen LogP contribution in [0.2, 0.25) is 0 Å². The SMILES string of the molecule is N#Cc1ccc(S(=O)(=O)Nc2ccc3c(c2)OC(F)(F)O3)cc1. The van der Waals surface area contributed by atoms with Crippen LogP contribution < -0.4 is 14.2 Å². The van der Waals surface area contributed by atoms with Gasteiger partial charge >= 0.3 is 6.29 Å². The molecule has 6 nitrogen and oxygen atoms in total. The van der Waals surface area contributed by atoms with Crippen LogP contribution in [0.5, 0.6) is 11.5 Å². The Morgan fingerprint density at radius 2 is 1.70 bits per heavy atom. The van der Waals surface area contributed by atoms with E-state index in [1.54, 1.807) is 0 Å². The van der Waals surface area contributed by atoms with E-state index < -0.39 is 16.3 Å². The fourth-order valence-electron chi connectivity index (χ4n) is 1.94. The third-order valence-electron chi connectivity index (χ3n) is 2.95. The van der Waals surface area contributed by atoms with Gasteiger partial charge in [0.05, 0.1) is 22.2 Å². The first-order valence-corrected chi connectivity index (χ1v) is 7.70. The molecule has 9 heteroatoms. The van der Waals surface area contributed by atoms with Crippen molar-refractivity contribution >= 4 is 15.7 Å². The van der Waals surface area contributed by atoms with E-state index in [-0.39, 0.29) is 22.1 Å². The van der Waals surface area contributed by atoms with Crippen LogP contribution in [0.1, 0.15) is 5.56 Å². The second-order valence-corrected chi connectivity index (χ2v) is 6.25. The molecule has 0 bridgehead atoms. The van der Waals surface area contributed by atoms with Crippen molar-refractivity contribution in [3.63, 3.8) is 0 Å². The molecule has 0 unspecified atom stereocenters. The summed E-state index contributed by atoms with van der Waals surface area (Å²) in [4.78, 5) is -0.0699. The van der Waals surface area contributed by atoms with Crippen LogP contribution in [-0.4, -0.2) is 14.7 Å². The topological polar surface area (TPSA) is 88.4 Å². The number of anilines is 1. The van der Waals surface area contributed by atoms with Gasteiger partial charge in [0, 0.05) is 6.07 Å².